The summed E-state index contributed by atoms with van der Waals surface area (Å²) in [4.78, 5) is 2.43. The van der Waals surface area contributed by atoms with Gasteiger partial charge >= 0.3 is 0 Å². The highest BCUT2D eigenvalue weighted by atomic mass is 35.5. The van der Waals surface area contributed by atoms with Crippen LogP contribution in [0.1, 0.15) is 12.0 Å². The van der Waals surface area contributed by atoms with Gasteiger partial charge in [-0.25, -0.2) is 0 Å². The standard InChI is InChI=1S/C15H26N3O.ClH/c1-12-10-13(4-5-15(12)16)17-7-6-14(11-17)18(2,3)8-9-19;/h4-5,10,14,19H,6-9,11,16H2,1-3H3;1H/q+1;/p-1. The summed E-state index contributed by atoms with van der Waals surface area (Å²) in [5.41, 5.74) is 9.14. The van der Waals surface area contributed by atoms with E-state index in [9.17, 15) is 0 Å². The van der Waals surface area contributed by atoms with Gasteiger partial charge in [0.25, 0.3) is 0 Å². The van der Waals surface area contributed by atoms with Crippen molar-refractivity contribution in [1.82, 2.24) is 0 Å². The van der Waals surface area contributed by atoms with E-state index in [-0.39, 0.29) is 19.0 Å². The molecule has 1 aliphatic heterocycles. The van der Waals surface area contributed by atoms with Crippen LogP contribution in [0.3, 0.4) is 0 Å². The van der Waals surface area contributed by atoms with Crippen LogP contribution in [-0.2, 0) is 0 Å². The van der Waals surface area contributed by atoms with Crippen molar-refractivity contribution in [3.63, 3.8) is 0 Å². The molecule has 1 fully saturated rings. The summed E-state index contributed by atoms with van der Waals surface area (Å²) in [6, 6.07) is 6.86. The van der Waals surface area contributed by atoms with Crippen LogP contribution in [0.5, 0.6) is 0 Å². The van der Waals surface area contributed by atoms with E-state index < -0.39 is 0 Å². The first-order valence-electron chi connectivity index (χ1n) is 6.98. The maximum Gasteiger partial charge on any atom is 0.108 e. The molecule has 1 aliphatic rings. The Morgan fingerprint density at radius 1 is 1.40 bits per heavy atom. The van der Waals surface area contributed by atoms with Crippen molar-refractivity contribution in [1.29, 1.82) is 0 Å². The van der Waals surface area contributed by atoms with Crippen LogP contribution in [0.2, 0.25) is 0 Å². The highest BCUT2D eigenvalue weighted by Crippen LogP contribution is 2.27. The minimum absolute atomic E-state index is 0. The Bertz CT molecular complexity index is 451. The first-order valence-corrected chi connectivity index (χ1v) is 6.98. The average molecular weight is 300 g/mol. The molecule has 4 nitrogen and oxygen atoms in total. The second kappa shape index (κ2) is 6.66. The van der Waals surface area contributed by atoms with Crippen molar-refractivity contribution in [3.05, 3.63) is 23.8 Å². The number of rotatable bonds is 4. The van der Waals surface area contributed by atoms with Gasteiger partial charge in [0.2, 0.25) is 0 Å². The van der Waals surface area contributed by atoms with Gasteiger partial charge in [-0.05, 0) is 30.7 Å². The molecule has 1 heterocycles. The monoisotopic (exact) mass is 299 g/mol. The molecule has 1 aromatic carbocycles. The zero-order valence-electron chi connectivity index (χ0n) is 12.6. The van der Waals surface area contributed by atoms with E-state index in [4.69, 9.17) is 10.8 Å². The second-order valence-corrected chi connectivity index (χ2v) is 6.16. The number of likely N-dealkylation sites (N-methyl/N-ethyl adjacent to an activating group) is 1. The normalized spacial score (nSPS) is 19.0. The molecule has 0 saturated carbocycles. The quantitative estimate of drug-likeness (QED) is 0.511. The second-order valence-electron chi connectivity index (χ2n) is 6.16. The lowest BCUT2D eigenvalue weighted by molar-refractivity contribution is -0.912. The molecule has 2 rings (SSSR count). The lowest BCUT2D eigenvalue weighted by Crippen LogP contribution is -3.00. The topological polar surface area (TPSA) is 49.5 Å². The molecular formula is C15H26ClN3O. The van der Waals surface area contributed by atoms with E-state index in [1.165, 1.54) is 12.1 Å². The van der Waals surface area contributed by atoms with E-state index in [2.05, 4.69) is 38.1 Å². The number of nitrogen functional groups attached to an aromatic ring is 1. The Labute approximate surface area is 128 Å². The molecule has 5 heteroatoms. The predicted octanol–water partition coefficient (Wildman–Crippen LogP) is -1.77. The number of hydrogen-bond acceptors (Lipinski definition) is 3. The summed E-state index contributed by atoms with van der Waals surface area (Å²) >= 11 is 0. The molecule has 20 heavy (non-hydrogen) atoms. The Morgan fingerprint density at radius 2 is 2.10 bits per heavy atom. The fourth-order valence-corrected chi connectivity index (χ4v) is 2.84. The van der Waals surface area contributed by atoms with Crippen LogP contribution in [0.25, 0.3) is 0 Å². The van der Waals surface area contributed by atoms with E-state index in [1.807, 2.05) is 6.07 Å². The van der Waals surface area contributed by atoms with Gasteiger partial charge in [-0.3, -0.25) is 0 Å². The van der Waals surface area contributed by atoms with Crippen molar-refractivity contribution in [3.8, 4) is 0 Å². The smallest absolute Gasteiger partial charge is 0.108 e. The van der Waals surface area contributed by atoms with Crippen LogP contribution in [0, 0.1) is 6.92 Å². The van der Waals surface area contributed by atoms with Crippen molar-refractivity contribution in [2.24, 2.45) is 0 Å². The van der Waals surface area contributed by atoms with Gasteiger partial charge in [0.05, 0.1) is 27.2 Å². The molecule has 0 aliphatic carbocycles. The van der Waals surface area contributed by atoms with Gasteiger partial charge in [-0.1, -0.05) is 0 Å². The number of aliphatic hydroxyl groups is 1. The number of halogens is 1. The molecule has 0 bridgehead atoms. The number of aryl methyl sites for hydroxylation is 1. The maximum atomic E-state index is 9.17. The van der Waals surface area contributed by atoms with Gasteiger partial charge in [0, 0.05) is 24.3 Å². The number of benzene rings is 1. The lowest BCUT2D eigenvalue weighted by Gasteiger charge is -2.35. The summed E-state index contributed by atoms with van der Waals surface area (Å²) < 4.78 is 0.890. The molecular weight excluding hydrogens is 274 g/mol. The fraction of sp³-hybridized carbons (Fsp3) is 0.600. The fourth-order valence-electron chi connectivity index (χ4n) is 2.84. The average Bonchev–Trinajstić information content (AvgIpc) is 2.83. The molecule has 0 amide bonds. The third-order valence-electron chi connectivity index (χ3n) is 4.45. The number of quaternary nitrogens is 1. The number of aliphatic hydroxyl groups excluding tert-OH is 1. The Hall–Kier alpha value is -0.970. The molecule has 1 aromatic rings. The number of hydrogen-bond donors (Lipinski definition) is 2. The Balaban J connectivity index is 0.00000200. The third kappa shape index (κ3) is 3.57. The van der Waals surface area contributed by atoms with Gasteiger partial charge in [0.15, 0.2) is 0 Å². The SMILES string of the molecule is Cc1cc(N2CCC([N+](C)(C)CCO)C2)ccc1N.[Cl-]. The van der Waals surface area contributed by atoms with Gasteiger partial charge in [0.1, 0.15) is 12.6 Å². The zero-order chi connectivity index (χ0) is 14.0. The number of nitrogens with two attached hydrogens (primary N) is 1. The first kappa shape index (κ1) is 17.1. The van der Waals surface area contributed by atoms with Crippen molar-refractivity contribution < 1.29 is 22.0 Å². The third-order valence-corrected chi connectivity index (χ3v) is 4.45. The molecule has 0 radical (unpaired) electrons. The molecule has 0 spiro atoms. The Morgan fingerprint density at radius 3 is 2.70 bits per heavy atom. The summed E-state index contributed by atoms with van der Waals surface area (Å²) in [7, 11) is 4.41. The van der Waals surface area contributed by atoms with Gasteiger partial charge in [-0.15, -0.1) is 0 Å². The largest absolute Gasteiger partial charge is 1.00 e. The summed E-state index contributed by atoms with van der Waals surface area (Å²) in [5.74, 6) is 0. The molecule has 1 atom stereocenters. The van der Waals surface area contributed by atoms with Crippen molar-refractivity contribution in [2.45, 2.75) is 19.4 Å². The molecule has 1 saturated heterocycles. The first-order chi connectivity index (χ1) is 8.94. The van der Waals surface area contributed by atoms with Gasteiger partial charge < -0.3 is 32.6 Å². The minimum atomic E-state index is 0. The van der Waals surface area contributed by atoms with Crippen LogP contribution >= 0.6 is 0 Å². The number of anilines is 2. The van der Waals surface area contributed by atoms with Crippen LogP contribution in [-0.4, -0.2) is 56.0 Å². The highest BCUT2D eigenvalue weighted by molar-refractivity contribution is 5.58. The van der Waals surface area contributed by atoms with E-state index in [0.717, 1.165) is 35.4 Å². The Kier molecular flexibility index (Phi) is 5.68. The van der Waals surface area contributed by atoms with Crippen molar-refractivity contribution in [2.75, 3.05) is 51.0 Å². The van der Waals surface area contributed by atoms with Gasteiger partial charge in [-0.2, -0.15) is 0 Å². The van der Waals surface area contributed by atoms with Crippen LogP contribution < -0.4 is 23.0 Å². The summed E-state index contributed by atoms with van der Waals surface area (Å²) in [6.45, 7) is 5.26. The van der Waals surface area contributed by atoms with Crippen LogP contribution in [0.15, 0.2) is 18.2 Å². The zero-order valence-corrected chi connectivity index (χ0v) is 13.4. The van der Waals surface area contributed by atoms with E-state index in [1.54, 1.807) is 0 Å². The predicted molar refractivity (Wildman–Crippen MR) is 80.3 cm³/mol. The number of nitrogens with zero attached hydrogens (tertiary/aromatic N) is 2. The lowest BCUT2D eigenvalue weighted by atomic mass is 10.1. The van der Waals surface area contributed by atoms with Crippen LogP contribution in [0.4, 0.5) is 11.4 Å². The minimum Gasteiger partial charge on any atom is -1.00 e. The maximum absolute atomic E-state index is 9.17. The molecule has 0 aromatic heterocycles. The summed E-state index contributed by atoms with van der Waals surface area (Å²) in [5, 5.41) is 9.17. The van der Waals surface area contributed by atoms with E-state index in [0.29, 0.717) is 6.04 Å². The molecule has 1 unspecified atom stereocenters. The molecule has 3 N–H and O–H groups in total. The van der Waals surface area contributed by atoms with Crippen molar-refractivity contribution >= 4 is 11.4 Å². The molecule has 114 valence electrons. The summed E-state index contributed by atoms with van der Waals surface area (Å²) in [6.07, 6.45) is 1.18. The highest BCUT2D eigenvalue weighted by Gasteiger charge is 2.34. The van der Waals surface area contributed by atoms with E-state index >= 15 is 0 Å².